The molecule has 0 saturated heterocycles. The van der Waals surface area contributed by atoms with Crippen molar-refractivity contribution >= 4 is 11.9 Å². The Morgan fingerprint density at radius 1 is 1.42 bits per heavy atom. The van der Waals surface area contributed by atoms with Crippen molar-refractivity contribution in [3.63, 3.8) is 0 Å². The molecule has 1 aromatic rings. The number of nitrogens with zero attached hydrogens (tertiary/aromatic N) is 2. The van der Waals surface area contributed by atoms with Crippen molar-refractivity contribution in [3.05, 3.63) is 24.0 Å². The summed E-state index contributed by atoms with van der Waals surface area (Å²) in [6.07, 6.45) is 3.82. The van der Waals surface area contributed by atoms with E-state index in [2.05, 4.69) is 0 Å². The molecule has 0 spiro atoms. The third-order valence-corrected chi connectivity index (χ3v) is 3.24. The summed E-state index contributed by atoms with van der Waals surface area (Å²) in [5, 5.41) is 0. The van der Waals surface area contributed by atoms with E-state index in [0.29, 0.717) is 12.3 Å². The summed E-state index contributed by atoms with van der Waals surface area (Å²) in [6.45, 7) is 4.89. The second-order valence-electron chi connectivity index (χ2n) is 4.65. The maximum absolute atomic E-state index is 12.5. The Kier molecular flexibility index (Phi) is 4.24. The Labute approximate surface area is 113 Å². The number of carbonyl (C=O) groups excluding carboxylic acids is 2. The molecular weight excluding hydrogens is 244 g/mol. The molecule has 2 rings (SSSR count). The first-order valence-corrected chi connectivity index (χ1v) is 6.79. The molecule has 1 fully saturated rings. The fraction of sp³-hybridized carbons (Fsp3) is 0.571. The molecule has 0 aromatic carbocycles. The molecule has 1 aliphatic rings. The summed E-state index contributed by atoms with van der Waals surface area (Å²) < 4.78 is 6.83. The SMILES string of the molecule is CCOC(=O)CN(C(=O)c1cccn1CC)C1CC1. The highest BCUT2D eigenvalue weighted by molar-refractivity contribution is 5.95. The van der Waals surface area contributed by atoms with Crippen LogP contribution in [0.4, 0.5) is 0 Å². The molecule has 5 nitrogen and oxygen atoms in total. The van der Waals surface area contributed by atoms with Crippen molar-refractivity contribution < 1.29 is 14.3 Å². The van der Waals surface area contributed by atoms with Gasteiger partial charge in [-0.1, -0.05) is 0 Å². The Morgan fingerprint density at radius 2 is 2.16 bits per heavy atom. The van der Waals surface area contributed by atoms with E-state index >= 15 is 0 Å². The molecular formula is C14H20N2O3. The quantitative estimate of drug-likeness (QED) is 0.734. The molecule has 0 N–H and O–H groups in total. The van der Waals surface area contributed by atoms with Crippen molar-refractivity contribution in [1.29, 1.82) is 0 Å². The first-order valence-electron chi connectivity index (χ1n) is 6.79. The average Bonchev–Trinajstić information content (AvgIpc) is 3.12. The van der Waals surface area contributed by atoms with Crippen LogP contribution >= 0.6 is 0 Å². The van der Waals surface area contributed by atoms with Gasteiger partial charge in [-0.25, -0.2) is 0 Å². The van der Waals surface area contributed by atoms with Crippen LogP contribution in [-0.4, -0.2) is 40.5 Å². The number of esters is 1. The Bertz CT molecular complexity index is 463. The maximum atomic E-state index is 12.5. The monoisotopic (exact) mass is 264 g/mol. The topological polar surface area (TPSA) is 51.5 Å². The van der Waals surface area contributed by atoms with Gasteiger partial charge in [0.25, 0.3) is 5.91 Å². The third kappa shape index (κ3) is 3.16. The summed E-state index contributed by atoms with van der Waals surface area (Å²) in [5.41, 5.74) is 0.638. The highest BCUT2D eigenvalue weighted by Crippen LogP contribution is 2.28. The number of amides is 1. The molecule has 0 radical (unpaired) electrons. The van der Waals surface area contributed by atoms with Gasteiger partial charge in [0.1, 0.15) is 12.2 Å². The number of aryl methyl sites for hydroxylation is 1. The van der Waals surface area contributed by atoms with E-state index in [9.17, 15) is 9.59 Å². The van der Waals surface area contributed by atoms with E-state index in [1.54, 1.807) is 17.9 Å². The van der Waals surface area contributed by atoms with Crippen LogP contribution in [0.3, 0.4) is 0 Å². The predicted molar refractivity (Wildman–Crippen MR) is 70.8 cm³/mol. The van der Waals surface area contributed by atoms with Gasteiger partial charge in [0.2, 0.25) is 0 Å². The summed E-state index contributed by atoms with van der Waals surface area (Å²) in [5.74, 6) is -0.417. The van der Waals surface area contributed by atoms with E-state index in [1.807, 2.05) is 23.8 Å². The van der Waals surface area contributed by atoms with E-state index in [0.717, 1.165) is 19.4 Å². The number of ether oxygens (including phenoxy) is 1. The lowest BCUT2D eigenvalue weighted by molar-refractivity contribution is -0.144. The molecule has 1 amide bonds. The summed E-state index contributed by atoms with van der Waals surface area (Å²) in [4.78, 5) is 25.7. The van der Waals surface area contributed by atoms with Crippen molar-refractivity contribution in [3.8, 4) is 0 Å². The van der Waals surface area contributed by atoms with Gasteiger partial charge >= 0.3 is 5.97 Å². The number of carbonyl (C=O) groups is 2. The second-order valence-corrected chi connectivity index (χ2v) is 4.65. The molecule has 1 heterocycles. The first kappa shape index (κ1) is 13.6. The maximum Gasteiger partial charge on any atom is 0.325 e. The van der Waals surface area contributed by atoms with Gasteiger partial charge in [0.15, 0.2) is 0 Å². The molecule has 19 heavy (non-hydrogen) atoms. The summed E-state index contributed by atoms with van der Waals surface area (Å²) >= 11 is 0. The zero-order chi connectivity index (χ0) is 13.8. The second kappa shape index (κ2) is 5.91. The molecule has 1 saturated carbocycles. The predicted octanol–water partition coefficient (Wildman–Crippen LogP) is 1.68. The van der Waals surface area contributed by atoms with E-state index in [1.165, 1.54) is 0 Å². The number of aromatic nitrogens is 1. The van der Waals surface area contributed by atoms with Crippen molar-refractivity contribution in [2.75, 3.05) is 13.2 Å². The standard InChI is InChI=1S/C14H20N2O3/c1-3-15-9-5-6-12(15)14(18)16(11-7-8-11)10-13(17)19-4-2/h5-6,9,11H,3-4,7-8,10H2,1-2H3. The molecule has 0 unspecified atom stereocenters. The minimum atomic E-state index is -0.336. The van der Waals surface area contributed by atoms with Gasteiger partial charge in [-0.05, 0) is 38.8 Å². The van der Waals surface area contributed by atoms with Crippen molar-refractivity contribution in [2.45, 2.75) is 39.3 Å². The number of hydrogen-bond donors (Lipinski definition) is 0. The molecule has 0 aliphatic heterocycles. The fourth-order valence-electron chi connectivity index (χ4n) is 2.13. The minimum absolute atomic E-state index is 0.0479. The van der Waals surface area contributed by atoms with E-state index in [4.69, 9.17) is 4.74 Å². The lowest BCUT2D eigenvalue weighted by Crippen LogP contribution is -2.39. The number of hydrogen-bond acceptors (Lipinski definition) is 3. The van der Waals surface area contributed by atoms with Crippen molar-refractivity contribution in [2.24, 2.45) is 0 Å². The van der Waals surface area contributed by atoms with Crippen LogP contribution in [0.2, 0.25) is 0 Å². The van der Waals surface area contributed by atoms with Gasteiger partial charge in [0, 0.05) is 18.8 Å². The lowest BCUT2D eigenvalue weighted by atomic mass is 10.3. The van der Waals surface area contributed by atoms with Crippen molar-refractivity contribution in [1.82, 2.24) is 9.47 Å². The van der Waals surface area contributed by atoms with Crippen LogP contribution in [0.5, 0.6) is 0 Å². The smallest absolute Gasteiger partial charge is 0.325 e. The normalized spacial score (nSPS) is 14.2. The largest absolute Gasteiger partial charge is 0.465 e. The molecule has 104 valence electrons. The number of rotatable bonds is 6. The highest BCUT2D eigenvalue weighted by Gasteiger charge is 2.35. The van der Waals surface area contributed by atoms with E-state index in [-0.39, 0.29) is 24.5 Å². The molecule has 0 atom stereocenters. The van der Waals surface area contributed by atoms with Crippen LogP contribution in [0, 0.1) is 0 Å². The Morgan fingerprint density at radius 3 is 2.74 bits per heavy atom. The van der Waals surface area contributed by atoms with Gasteiger partial charge in [-0.2, -0.15) is 0 Å². The van der Waals surface area contributed by atoms with Crippen LogP contribution in [0.25, 0.3) is 0 Å². The minimum Gasteiger partial charge on any atom is -0.465 e. The summed E-state index contributed by atoms with van der Waals surface area (Å²) in [6, 6.07) is 3.84. The molecule has 1 aliphatic carbocycles. The van der Waals surface area contributed by atoms with Gasteiger partial charge in [0.05, 0.1) is 6.61 Å². The van der Waals surface area contributed by atoms with E-state index < -0.39 is 0 Å². The van der Waals surface area contributed by atoms with Crippen LogP contribution < -0.4 is 0 Å². The molecule has 1 aromatic heterocycles. The third-order valence-electron chi connectivity index (χ3n) is 3.24. The molecule has 5 heteroatoms. The zero-order valence-electron chi connectivity index (χ0n) is 11.5. The summed E-state index contributed by atoms with van der Waals surface area (Å²) in [7, 11) is 0. The van der Waals surface area contributed by atoms with Gasteiger partial charge in [-0.3, -0.25) is 9.59 Å². The van der Waals surface area contributed by atoms with Gasteiger partial charge < -0.3 is 14.2 Å². The van der Waals surface area contributed by atoms with Crippen LogP contribution in [0.1, 0.15) is 37.2 Å². The van der Waals surface area contributed by atoms with Gasteiger partial charge in [-0.15, -0.1) is 0 Å². The fourth-order valence-corrected chi connectivity index (χ4v) is 2.13. The lowest BCUT2D eigenvalue weighted by Gasteiger charge is -2.21. The van der Waals surface area contributed by atoms with Crippen LogP contribution in [-0.2, 0) is 16.1 Å². The Balaban J connectivity index is 2.10. The highest BCUT2D eigenvalue weighted by atomic mass is 16.5. The molecule has 0 bridgehead atoms. The van der Waals surface area contributed by atoms with Crippen LogP contribution in [0.15, 0.2) is 18.3 Å². The zero-order valence-corrected chi connectivity index (χ0v) is 11.5. The average molecular weight is 264 g/mol. The Hall–Kier alpha value is -1.78. The first-order chi connectivity index (χ1) is 9.17.